The Labute approximate surface area is 174 Å². The zero-order valence-electron chi connectivity index (χ0n) is 14.2. The molecule has 0 unspecified atom stereocenters. The number of aromatic nitrogens is 5. The summed E-state index contributed by atoms with van der Waals surface area (Å²) in [6.07, 6.45) is 3.23. The number of imidazole rings is 1. The molecule has 12 heteroatoms. The fourth-order valence-electron chi connectivity index (χ4n) is 2.63. The third kappa shape index (κ3) is 3.42. The number of amides is 1. The molecule has 0 atom stereocenters. The topological polar surface area (TPSA) is 127 Å². The van der Waals surface area contributed by atoms with Gasteiger partial charge in [-0.2, -0.15) is 4.68 Å². The number of hydrogen-bond donors (Lipinski definition) is 2. The summed E-state index contributed by atoms with van der Waals surface area (Å²) in [7, 11) is 0. The SMILES string of the molecule is Cl.NCCOc1ccc(-c2cncn2-c2nn(C(N)=O)c3n[c]sc23)c(Cl)c1. The van der Waals surface area contributed by atoms with Crippen LogP contribution in [-0.2, 0) is 0 Å². The van der Waals surface area contributed by atoms with E-state index in [0.717, 1.165) is 10.2 Å². The molecular formula is C16H14Cl2N7O2S. The van der Waals surface area contributed by atoms with Crippen LogP contribution in [-0.4, -0.2) is 43.5 Å². The van der Waals surface area contributed by atoms with E-state index in [2.05, 4.69) is 20.6 Å². The van der Waals surface area contributed by atoms with Crippen molar-refractivity contribution in [1.29, 1.82) is 0 Å². The number of halogens is 2. The van der Waals surface area contributed by atoms with Gasteiger partial charge in [-0.15, -0.1) is 28.8 Å². The maximum Gasteiger partial charge on any atom is 0.341 e. The minimum absolute atomic E-state index is 0. The van der Waals surface area contributed by atoms with E-state index in [-0.39, 0.29) is 12.4 Å². The molecule has 0 aliphatic heterocycles. The molecule has 28 heavy (non-hydrogen) atoms. The molecular weight excluding hydrogens is 425 g/mol. The molecule has 3 aromatic heterocycles. The number of nitrogens with two attached hydrogens (primary N) is 2. The third-order valence-corrected chi connectivity index (χ3v) is 4.84. The number of carbonyl (C=O) groups is 1. The molecule has 3 heterocycles. The molecule has 0 saturated heterocycles. The van der Waals surface area contributed by atoms with Crippen molar-refractivity contribution in [2.45, 2.75) is 0 Å². The molecule has 0 saturated carbocycles. The molecule has 0 spiro atoms. The largest absolute Gasteiger partial charge is 0.492 e. The summed E-state index contributed by atoms with van der Waals surface area (Å²) in [5.41, 5.74) is 15.3. The van der Waals surface area contributed by atoms with Crippen LogP contribution in [0.5, 0.6) is 5.75 Å². The highest BCUT2D eigenvalue weighted by Crippen LogP contribution is 2.34. The summed E-state index contributed by atoms with van der Waals surface area (Å²) in [4.78, 5) is 19.9. The molecule has 0 aliphatic rings. The second kappa shape index (κ2) is 8.15. The molecule has 4 aromatic rings. The van der Waals surface area contributed by atoms with Gasteiger partial charge in [-0.1, -0.05) is 11.6 Å². The van der Waals surface area contributed by atoms with Crippen molar-refractivity contribution < 1.29 is 9.53 Å². The quantitative estimate of drug-likeness (QED) is 0.492. The second-order valence-corrected chi connectivity index (χ2v) is 6.66. The number of thiazole rings is 1. The van der Waals surface area contributed by atoms with E-state index < -0.39 is 6.03 Å². The Balaban J connectivity index is 0.00000225. The van der Waals surface area contributed by atoms with Gasteiger partial charge in [0.25, 0.3) is 0 Å². The Morgan fingerprint density at radius 1 is 1.39 bits per heavy atom. The van der Waals surface area contributed by atoms with Crippen LogP contribution in [0.25, 0.3) is 27.4 Å². The molecule has 9 nitrogen and oxygen atoms in total. The number of hydrogen-bond acceptors (Lipinski definition) is 7. The van der Waals surface area contributed by atoms with E-state index >= 15 is 0 Å². The predicted molar refractivity (Wildman–Crippen MR) is 109 cm³/mol. The van der Waals surface area contributed by atoms with Crippen LogP contribution < -0.4 is 16.2 Å². The van der Waals surface area contributed by atoms with Gasteiger partial charge in [0.1, 0.15) is 23.4 Å². The van der Waals surface area contributed by atoms with E-state index in [1.54, 1.807) is 29.2 Å². The van der Waals surface area contributed by atoms with Crippen molar-refractivity contribution in [2.75, 3.05) is 13.2 Å². The van der Waals surface area contributed by atoms with Gasteiger partial charge in [0, 0.05) is 12.1 Å². The number of ether oxygens (including phenoxy) is 1. The average Bonchev–Trinajstić information content (AvgIpc) is 3.35. The molecule has 4 rings (SSSR count). The lowest BCUT2D eigenvalue weighted by molar-refractivity contribution is 0.248. The minimum Gasteiger partial charge on any atom is -0.492 e. The maximum atomic E-state index is 11.6. The minimum atomic E-state index is -0.730. The normalized spacial score (nSPS) is 10.8. The van der Waals surface area contributed by atoms with Crippen molar-refractivity contribution in [1.82, 2.24) is 24.3 Å². The number of nitrogens with zero attached hydrogens (tertiary/aromatic N) is 5. The van der Waals surface area contributed by atoms with Gasteiger partial charge in [0.15, 0.2) is 17.0 Å². The van der Waals surface area contributed by atoms with Crippen LogP contribution in [0.15, 0.2) is 30.7 Å². The molecule has 0 aliphatic carbocycles. The number of primary amides is 1. The van der Waals surface area contributed by atoms with Gasteiger partial charge in [-0.25, -0.2) is 14.8 Å². The first kappa shape index (κ1) is 20.1. The Hall–Kier alpha value is -2.66. The summed E-state index contributed by atoms with van der Waals surface area (Å²) in [5, 5.41) is 4.76. The average molecular weight is 439 g/mol. The van der Waals surface area contributed by atoms with Gasteiger partial charge in [0.2, 0.25) is 0 Å². The zero-order chi connectivity index (χ0) is 19.0. The van der Waals surface area contributed by atoms with Crippen molar-refractivity contribution in [3.8, 4) is 22.8 Å². The fraction of sp³-hybridized carbons (Fsp3) is 0.125. The maximum absolute atomic E-state index is 11.6. The van der Waals surface area contributed by atoms with E-state index in [4.69, 9.17) is 27.8 Å². The molecule has 0 fully saturated rings. The number of benzene rings is 1. The Morgan fingerprint density at radius 2 is 2.21 bits per heavy atom. The highest BCUT2D eigenvalue weighted by Gasteiger charge is 2.21. The third-order valence-electron chi connectivity index (χ3n) is 3.78. The van der Waals surface area contributed by atoms with Gasteiger partial charge >= 0.3 is 6.03 Å². The monoisotopic (exact) mass is 438 g/mol. The molecule has 145 valence electrons. The van der Waals surface area contributed by atoms with E-state index in [1.807, 2.05) is 6.07 Å². The number of fused-ring (bicyclic) bond motifs is 1. The van der Waals surface area contributed by atoms with Crippen molar-refractivity contribution >= 4 is 51.7 Å². The highest BCUT2D eigenvalue weighted by molar-refractivity contribution is 7.16. The molecule has 4 N–H and O–H groups in total. The van der Waals surface area contributed by atoms with Crippen LogP contribution in [0.3, 0.4) is 0 Å². The molecule has 1 amide bonds. The van der Waals surface area contributed by atoms with Crippen molar-refractivity contribution in [3.05, 3.63) is 41.3 Å². The summed E-state index contributed by atoms with van der Waals surface area (Å²) in [6, 6.07) is 4.60. The van der Waals surface area contributed by atoms with E-state index in [1.165, 1.54) is 11.3 Å². The lowest BCUT2D eigenvalue weighted by Crippen LogP contribution is -2.21. The smallest absolute Gasteiger partial charge is 0.341 e. The summed E-state index contributed by atoms with van der Waals surface area (Å²) in [5.74, 6) is 1.09. The Morgan fingerprint density at radius 3 is 2.93 bits per heavy atom. The lowest BCUT2D eigenvalue weighted by atomic mass is 10.1. The summed E-state index contributed by atoms with van der Waals surface area (Å²) < 4.78 is 8.90. The zero-order valence-corrected chi connectivity index (χ0v) is 16.6. The van der Waals surface area contributed by atoms with Gasteiger partial charge in [-0.05, 0) is 18.2 Å². The first-order chi connectivity index (χ1) is 13.1. The van der Waals surface area contributed by atoms with Crippen LogP contribution in [0.4, 0.5) is 4.79 Å². The van der Waals surface area contributed by atoms with Crippen molar-refractivity contribution in [2.24, 2.45) is 11.5 Å². The molecule has 1 aromatic carbocycles. The molecule has 1 radical (unpaired) electrons. The number of rotatable bonds is 5. The van der Waals surface area contributed by atoms with Gasteiger partial charge in [-0.3, -0.25) is 4.57 Å². The van der Waals surface area contributed by atoms with E-state index in [9.17, 15) is 4.79 Å². The standard InChI is InChI=1S/C16H13ClN7O2S.ClH/c17-11-5-9(26-4-3-18)1-2-10(11)12-6-20-7-23(12)15-13-14(21-8-27-13)24(22-15)16(19)25;/h1-2,5-7H,3-4,18H2,(H2,19,25);1H. The summed E-state index contributed by atoms with van der Waals surface area (Å²) in [6.45, 7) is 0.814. The van der Waals surface area contributed by atoms with E-state index in [0.29, 0.717) is 45.8 Å². The van der Waals surface area contributed by atoms with Crippen LogP contribution >= 0.6 is 35.3 Å². The summed E-state index contributed by atoms with van der Waals surface area (Å²) >= 11 is 7.67. The predicted octanol–water partition coefficient (Wildman–Crippen LogP) is 2.49. The second-order valence-electron chi connectivity index (χ2n) is 5.46. The Kier molecular flexibility index (Phi) is 5.84. The first-order valence-electron chi connectivity index (χ1n) is 7.81. The number of carbonyl (C=O) groups excluding carboxylic acids is 1. The lowest BCUT2D eigenvalue weighted by Gasteiger charge is -2.10. The molecule has 0 bridgehead atoms. The van der Waals surface area contributed by atoms with Gasteiger partial charge in [0.05, 0.1) is 16.9 Å². The van der Waals surface area contributed by atoms with Crippen LogP contribution in [0.1, 0.15) is 0 Å². The van der Waals surface area contributed by atoms with Crippen LogP contribution in [0, 0.1) is 5.51 Å². The first-order valence-corrected chi connectivity index (χ1v) is 9.00. The van der Waals surface area contributed by atoms with Crippen LogP contribution in [0.2, 0.25) is 5.02 Å². The van der Waals surface area contributed by atoms with Crippen molar-refractivity contribution in [3.63, 3.8) is 0 Å². The van der Waals surface area contributed by atoms with Gasteiger partial charge < -0.3 is 16.2 Å². The highest BCUT2D eigenvalue weighted by atomic mass is 35.5. The Bertz CT molecular complexity index is 1140. The fourth-order valence-corrected chi connectivity index (χ4v) is 3.57.